The molecule has 0 saturated carbocycles. The lowest BCUT2D eigenvalue weighted by molar-refractivity contribution is 0.0945. The molecule has 1 amide bonds. The lowest BCUT2D eigenvalue weighted by atomic mass is 10.1. The lowest BCUT2D eigenvalue weighted by Crippen LogP contribution is -2.31. The van der Waals surface area contributed by atoms with E-state index in [2.05, 4.69) is 16.3 Å². The van der Waals surface area contributed by atoms with Crippen LogP contribution in [0.4, 0.5) is 5.69 Å². The number of carbonyl (C=O) groups excluding carboxylic acids is 1. The third kappa shape index (κ3) is 3.87. The van der Waals surface area contributed by atoms with E-state index in [-0.39, 0.29) is 5.91 Å². The van der Waals surface area contributed by atoms with Gasteiger partial charge in [0.2, 0.25) is 0 Å². The molecule has 1 atom stereocenters. The Morgan fingerprint density at radius 1 is 1.08 bits per heavy atom. The molecule has 1 saturated heterocycles. The van der Waals surface area contributed by atoms with Crippen LogP contribution in [0.5, 0.6) is 11.5 Å². The molecule has 2 aromatic carbocycles. The minimum atomic E-state index is -0.0896. The summed E-state index contributed by atoms with van der Waals surface area (Å²) in [6.45, 7) is 2.53. The maximum Gasteiger partial charge on any atom is 0.255 e. The van der Waals surface area contributed by atoms with Crippen molar-refractivity contribution < 1.29 is 14.3 Å². The van der Waals surface area contributed by atoms with Crippen molar-refractivity contribution in [2.24, 2.45) is 5.92 Å². The van der Waals surface area contributed by atoms with Gasteiger partial charge in [0, 0.05) is 19.6 Å². The van der Waals surface area contributed by atoms with Crippen LogP contribution in [0.25, 0.3) is 0 Å². The van der Waals surface area contributed by atoms with Crippen LogP contribution in [0.1, 0.15) is 16.8 Å². The zero-order valence-corrected chi connectivity index (χ0v) is 14.7. The molecule has 1 unspecified atom stereocenters. The predicted molar refractivity (Wildman–Crippen MR) is 98.6 cm³/mol. The lowest BCUT2D eigenvalue weighted by Gasteiger charge is -2.21. The fourth-order valence-corrected chi connectivity index (χ4v) is 3.27. The van der Waals surface area contributed by atoms with Gasteiger partial charge in [-0.25, -0.2) is 0 Å². The summed E-state index contributed by atoms with van der Waals surface area (Å²) in [5.74, 6) is 1.82. The molecule has 1 aliphatic rings. The second-order valence-corrected chi connectivity index (χ2v) is 6.18. The first-order valence-corrected chi connectivity index (χ1v) is 8.52. The van der Waals surface area contributed by atoms with E-state index in [1.165, 1.54) is 0 Å². The van der Waals surface area contributed by atoms with Crippen molar-refractivity contribution in [3.05, 3.63) is 54.1 Å². The monoisotopic (exact) mass is 340 g/mol. The van der Waals surface area contributed by atoms with E-state index >= 15 is 0 Å². The van der Waals surface area contributed by atoms with E-state index in [4.69, 9.17) is 9.47 Å². The van der Waals surface area contributed by atoms with Crippen molar-refractivity contribution in [3.63, 3.8) is 0 Å². The van der Waals surface area contributed by atoms with Crippen LogP contribution in [0.2, 0.25) is 0 Å². The number of para-hydroxylation sites is 3. The van der Waals surface area contributed by atoms with Crippen LogP contribution in [0.3, 0.4) is 0 Å². The Morgan fingerprint density at radius 2 is 1.76 bits per heavy atom. The van der Waals surface area contributed by atoms with E-state index in [0.29, 0.717) is 23.8 Å². The predicted octanol–water partition coefficient (Wildman–Crippen LogP) is 2.96. The summed E-state index contributed by atoms with van der Waals surface area (Å²) < 4.78 is 10.7. The number of carbonyl (C=O) groups is 1. The molecule has 25 heavy (non-hydrogen) atoms. The molecule has 5 nitrogen and oxygen atoms in total. The van der Waals surface area contributed by atoms with E-state index in [0.717, 1.165) is 30.9 Å². The Kier molecular flexibility index (Phi) is 5.43. The number of anilines is 1. The molecule has 0 spiro atoms. The number of amides is 1. The summed E-state index contributed by atoms with van der Waals surface area (Å²) in [6, 6.07) is 15.3. The highest BCUT2D eigenvalue weighted by molar-refractivity contribution is 5.96. The first kappa shape index (κ1) is 17.1. The number of ether oxygens (including phenoxy) is 2. The molecule has 5 heteroatoms. The number of hydrogen-bond acceptors (Lipinski definition) is 4. The zero-order chi connectivity index (χ0) is 17.6. The quantitative estimate of drug-likeness (QED) is 0.878. The Balaban J connectivity index is 1.58. The number of methoxy groups -OCH3 is 2. The van der Waals surface area contributed by atoms with E-state index in [1.807, 2.05) is 30.3 Å². The van der Waals surface area contributed by atoms with Crippen molar-refractivity contribution in [1.82, 2.24) is 5.32 Å². The van der Waals surface area contributed by atoms with Crippen LogP contribution in [0, 0.1) is 5.92 Å². The fraction of sp³-hybridized carbons (Fsp3) is 0.350. The first-order valence-electron chi connectivity index (χ1n) is 8.52. The van der Waals surface area contributed by atoms with Gasteiger partial charge in [-0.2, -0.15) is 0 Å². The van der Waals surface area contributed by atoms with Gasteiger partial charge in [0.25, 0.3) is 5.91 Å². The number of nitrogens with one attached hydrogen (secondary N) is 1. The van der Waals surface area contributed by atoms with Gasteiger partial charge in [-0.15, -0.1) is 0 Å². The van der Waals surface area contributed by atoms with Gasteiger partial charge in [0.15, 0.2) is 0 Å². The molecular formula is C20H24N2O3. The van der Waals surface area contributed by atoms with Crippen LogP contribution in [-0.2, 0) is 0 Å². The van der Waals surface area contributed by atoms with Gasteiger partial charge in [0.05, 0.1) is 25.5 Å². The SMILES string of the molecule is COc1ccccc1C(=O)NCC1CCN(c2ccccc2OC)C1. The summed E-state index contributed by atoms with van der Waals surface area (Å²) in [5, 5.41) is 3.04. The Hall–Kier alpha value is -2.69. The van der Waals surface area contributed by atoms with Crippen molar-refractivity contribution in [3.8, 4) is 11.5 Å². The molecule has 1 heterocycles. The minimum Gasteiger partial charge on any atom is -0.496 e. The second kappa shape index (κ2) is 7.92. The fourth-order valence-electron chi connectivity index (χ4n) is 3.27. The zero-order valence-electron chi connectivity index (χ0n) is 14.7. The summed E-state index contributed by atoms with van der Waals surface area (Å²) in [5.41, 5.74) is 1.69. The Bertz CT molecular complexity index is 732. The maximum atomic E-state index is 12.4. The Morgan fingerprint density at radius 3 is 2.52 bits per heavy atom. The van der Waals surface area contributed by atoms with Crippen molar-refractivity contribution in [1.29, 1.82) is 0 Å². The summed E-state index contributed by atoms with van der Waals surface area (Å²) >= 11 is 0. The Labute approximate surface area is 148 Å². The molecule has 2 aromatic rings. The van der Waals surface area contributed by atoms with Crippen LogP contribution in [-0.4, -0.2) is 39.8 Å². The molecule has 0 aliphatic carbocycles. The summed E-state index contributed by atoms with van der Waals surface area (Å²) in [6.07, 6.45) is 1.05. The molecule has 1 aliphatic heterocycles. The number of benzene rings is 2. The van der Waals surface area contributed by atoms with E-state index in [1.54, 1.807) is 26.4 Å². The van der Waals surface area contributed by atoms with E-state index < -0.39 is 0 Å². The van der Waals surface area contributed by atoms with Crippen LogP contribution in [0.15, 0.2) is 48.5 Å². The topological polar surface area (TPSA) is 50.8 Å². The van der Waals surface area contributed by atoms with Gasteiger partial charge in [-0.3, -0.25) is 4.79 Å². The molecule has 0 radical (unpaired) electrons. The second-order valence-electron chi connectivity index (χ2n) is 6.18. The highest BCUT2D eigenvalue weighted by Crippen LogP contribution is 2.31. The van der Waals surface area contributed by atoms with Gasteiger partial charge in [-0.1, -0.05) is 24.3 Å². The number of rotatable bonds is 6. The molecule has 1 N–H and O–H groups in total. The summed E-state index contributed by atoms with van der Waals surface area (Å²) in [4.78, 5) is 14.7. The highest BCUT2D eigenvalue weighted by atomic mass is 16.5. The van der Waals surface area contributed by atoms with Crippen molar-refractivity contribution >= 4 is 11.6 Å². The molecule has 3 rings (SSSR count). The molecule has 0 bridgehead atoms. The van der Waals surface area contributed by atoms with Gasteiger partial charge >= 0.3 is 0 Å². The average molecular weight is 340 g/mol. The number of hydrogen-bond donors (Lipinski definition) is 1. The minimum absolute atomic E-state index is 0.0896. The third-order valence-electron chi connectivity index (χ3n) is 4.61. The standard InChI is InChI=1S/C20H24N2O3/c1-24-18-9-5-3-7-16(18)20(23)21-13-15-11-12-22(14-15)17-8-4-6-10-19(17)25-2/h3-10,15H,11-14H2,1-2H3,(H,21,23). The van der Waals surface area contributed by atoms with Crippen LogP contribution >= 0.6 is 0 Å². The summed E-state index contributed by atoms with van der Waals surface area (Å²) in [7, 11) is 3.27. The largest absolute Gasteiger partial charge is 0.496 e. The molecule has 1 fully saturated rings. The van der Waals surface area contributed by atoms with Gasteiger partial charge in [-0.05, 0) is 36.6 Å². The average Bonchev–Trinajstić information content (AvgIpc) is 3.14. The first-order chi connectivity index (χ1) is 12.2. The number of nitrogens with zero attached hydrogens (tertiary/aromatic N) is 1. The molecular weight excluding hydrogens is 316 g/mol. The van der Waals surface area contributed by atoms with Crippen LogP contribution < -0.4 is 19.7 Å². The van der Waals surface area contributed by atoms with Gasteiger partial charge < -0.3 is 19.7 Å². The third-order valence-corrected chi connectivity index (χ3v) is 4.61. The maximum absolute atomic E-state index is 12.4. The highest BCUT2D eigenvalue weighted by Gasteiger charge is 2.25. The van der Waals surface area contributed by atoms with Crippen molar-refractivity contribution in [2.45, 2.75) is 6.42 Å². The van der Waals surface area contributed by atoms with Crippen molar-refractivity contribution in [2.75, 3.05) is 38.8 Å². The molecule has 0 aromatic heterocycles. The van der Waals surface area contributed by atoms with Gasteiger partial charge in [0.1, 0.15) is 11.5 Å². The smallest absolute Gasteiger partial charge is 0.255 e. The van der Waals surface area contributed by atoms with E-state index in [9.17, 15) is 4.79 Å². The normalized spacial score (nSPS) is 16.6. The molecule has 132 valence electrons.